The Morgan fingerprint density at radius 1 is 0.933 bits per heavy atom. The maximum atomic E-state index is 12.4. The summed E-state index contributed by atoms with van der Waals surface area (Å²) in [5.74, 6) is 1.13. The Balaban J connectivity index is 1.53. The zero-order valence-corrected chi connectivity index (χ0v) is 17.8. The van der Waals surface area contributed by atoms with Gasteiger partial charge in [0.25, 0.3) is 0 Å². The van der Waals surface area contributed by atoms with Crippen LogP contribution in [0, 0.1) is 3.57 Å². The third kappa shape index (κ3) is 4.54. The molecule has 3 N–H and O–H groups in total. The van der Waals surface area contributed by atoms with Gasteiger partial charge in [0, 0.05) is 15.3 Å². The highest BCUT2D eigenvalue weighted by Gasteiger charge is 2.13. The first-order chi connectivity index (χ1) is 14.6. The molecule has 3 aromatic carbocycles. The SMILES string of the molecule is O=C(Nc1ccc(O)cc1)Nc1ccccc1Oc1ccnn1-c1ccccc1I. The number of carbonyl (C=O) groups is 1. The maximum Gasteiger partial charge on any atom is 0.323 e. The molecule has 0 aliphatic carbocycles. The van der Waals surface area contributed by atoms with Crippen LogP contribution in [0.15, 0.2) is 85.1 Å². The van der Waals surface area contributed by atoms with Gasteiger partial charge < -0.3 is 20.5 Å². The van der Waals surface area contributed by atoms with E-state index in [-0.39, 0.29) is 5.75 Å². The van der Waals surface area contributed by atoms with E-state index in [1.807, 2.05) is 30.3 Å². The lowest BCUT2D eigenvalue weighted by molar-refractivity contribution is 0.262. The number of amides is 2. The van der Waals surface area contributed by atoms with Crippen LogP contribution in [0.25, 0.3) is 5.69 Å². The number of aromatic nitrogens is 2. The monoisotopic (exact) mass is 512 g/mol. The number of phenolic OH excluding ortho intramolecular Hbond substituents is 1. The van der Waals surface area contributed by atoms with Gasteiger partial charge in [-0.3, -0.25) is 0 Å². The number of phenols is 1. The van der Waals surface area contributed by atoms with E-state index >= 15 is 0 Å². The number of aromatic hydroxyl groups is 1. The van der Waals surface area contributed by atoms with Crippen molar-refractivity contribution in [3.05, 3.63) is 88.6 Å². The normalized spacial score (nSPS) is 10.4. The minimum absolute atomic E-state index is 0.129. The van der Waals surface area contributed by atoms with Crippen LogP contribution in [-0.4, -0.2) is 20.9 Å². The number of benzene rings is 3. The van der Waals surface area contributed by atoms with Crippen molar-refractivity contribution in [3.63, 3.8) is 0 Å². The molecular formula is C22H17IN4O3. The standard InChI is InChI=1S/C22H17IN4O3/c23-17-5-1-3-7-19(17)27-21(13-14-24-27)30-20-8-4-2-6-18(20)26-22(29)25-15-9-11-16(28)12-10-15/h1-14,28H,(H2,25,26,29). The molecule has 1 heterocycles. The number of nitrogens with zero attached hydrogens (tertiary/aromatic N) is 2. The first-order valence-corrected chi connectivity index (χ1v) is 10.1. The quantitative estimate of drug-likeness (QED) is 0.239. The van der Waals surface area contributed by atoms with Gasteiger partial charge in [-0.25, -0.2) is 4.79 Å². The van der Waals surface area contributed by atoms with Crippen LogP contribution in [-0.2, 0) is 0 Å². The highest BCUT2D eigenvalue weighted by molar-refractivity contribution is 14.1. The van der Waals surface area contributed by atoms with E-state index in [0.29, 0.717) is 23.0 Å². The van der Waals surface area contributed by atoms with Gasteiger partial charge in [0.15, 0.2) is 5.75 Å². The summed E-state index contributed by atoms with van der Waals surface area (Å²) in [5.41, 5.74) is 1.96. The molecule has 0 spiro atoms. The third-order valence-electron chi connectivity index (χ3n) is 4.16. The van der Waals surface area contributed by atoms with Gasteiger partial charge >= 0.3 is 6.03 Å². The van der Waals surface area contributed by atoms with Gasteiger partial charge in [-0.05, 0) is 71.1 Å². The number of nitrogens with one attached hydrogen (secondary N) is 2. The molecule has 2 amide bonds. The Bertz CT molecular complexity index is 1170. The van der Waals surface area contributed by atoms with Gasteiger partial charge in [-0.15, -0.1) is 0 Å². The van der Waals surface area contributed by atoms with Crippen LogP contribution in [0.2, 0.25) is 0 Å². The Labute approximate surface area is 186 Å². The second-order valence-electron chi connectivity index (χ2n) is 6.26. The molecule has 30 heavy (non-hydrogen) atoms. The van der Waals surface area contributed by atoms with Crippen molar-refractivity contribution in [1.82, 2.24) is 9.78 Å². The second-order valence-corrected chi connectivity index (χ2v) is 7.42. The number of anilines is 2. The zero-order chi connectivity index (χ0) is 20.9. The Morgan fingerprint density at radius 3 is 2.47 bits per heavy atom. The fourth-order valence-corrected chi connectivity index (χ4v) is 3.39. The van der Waals surface area contributed by atoms with Gasteiger partial charge in [0.1, 0.15) is 5.75 Å². The minimum Gasteiger partial charge on any atom is -0.508 e. The fourth-order valence-electron chi connectivity index (χ4n) is 2.77. The number of halogens is 1. The molecule has 8 heteroatoms. The molecule has 4 aromatic rings. The summed E-state index contributed by atoms with van der Waals surface area (Å²) in [4.78, 5) is 12.4. The molecule has 0 saturated heterocycles. The first kappa shape index (κ1) is 19.8. The van der Waals surface area contributed by atoms with Crippen LogP contribution >= 0.6 is 22.6 Å². The van der Waals surface area contributed by atoms with Crippen molar-refractivity contribution in [3.8, 4) is 23.1 Å². The number of hydrogen-bond donors (Lipinski definition) is 3. The highest BCUT2D eigenvalue weighted by atomic mass is 127. The molecular weight excluding hydrogens is 495 g/mol. The minimum atomic E-state index is -0.428. The first-order valence-electron chi connectivity index (χ1n) is 9.03. The molecule has 0 atom stereocenters. The van der Waals surface area contributed by atoms with E-state index in [9.17, 15) is 9.90 Å². The number of ether oxygens (including phenoxy) is 1. The smallest absolute Gasteiger partial charge is 0.323 e. The Morgan fingerprint density at radius 2 is 1.67 bits per heavy atom. The van der Waals surface area contributed by atoms with Crippen LogP contribution in [0.3, 0.4) is 0 Å². The predicted molar refractivity (Wildman–Crippen MR) is 124 cm³/mol. The number of carbonyl (C=O) groups excluding carboxylic acids is 1. The fraction of sp³-hybridized carbons (Fsp3) is 0. The average Bonchev–Trinajstić information content (AvgIpc) is 3.19. The van der Waals surface area contributed by atoms with E-state index in [1.54, 1.807) is 47.3 Å². The third-order valence-corrected chi connectivity index (χ3v) is 5.08. The summed E-state index contributed by atoms with van der Waals surface area (Å²) >= 11 is 2.25. The van der Waals surface area contributed by atoms with Gasteiger partial charge in [-0.2, -0.15) is 9.78 Å². The average molecular weight is 512 g/mol. The predicted octanol–water partition coefficient (Wildman–Crippen LogP) is 5.62. The van der Waals surface area contributed by atoms with Crippen molar-refractivity contribution >= 4 is 40.0 Å². The molecule has 0 fully saturated rings. The van der Waals surface area contributed by atoms with Crippen LogP contribution in [0.5, 0.6) is 17.4 Å². The van der Waals surface area contributed by atoms with Gasteiger partial charge in [0.05, 0.1) is 17.6 Å². The summed E-state index contributed by atoms with van der Waals surface area (Å²) in [6, 6.07) is 22.5. The lowest BCUT2D eigenvalue weighted by atomic mass is 10.3. The van der Waals surface area contributed by atoms with Crippen LogP contribution in [0.4, 0.5) is 16.2 Å². The lowest BCUT2D eigenvalue weighted by Crippen LogP contribution is -2.19. The van der Waals surface area contributed by atoms with E-state index in [2.05, 4.69) is 38.3 Å². The zero-order valence-electron chi connectivity index (χ0n) is 15.6. The molecule has 7 nitrogen and oxygen atoms in total. The molecule has 0 saturated carbocycles. The van der Waals surface area contributed by atoms with Gasteiger partial charge in [-0.1, -0.05) is 24.3 Å². The van der Waals surface area contributed by atoms with Crippen molar-refractivity contribution in [2.24, 2.45) is 0 Å². The topological polar surface area (TPSA) is 88.4 Å². The highest BCUT2D eigenvalue weighted by Crippen LogP contribution is 2.31. The van der Waals surface area contributed by atoms with Crippen molar-refractivity contribution < 1.29 is 14.6 Å². The number of hydrogen-bond acceptors (Lipinski definition) is 4. The second kappa shape index (κ2) is 8.87. The van der Waals surface area contributed by atoms with Crippen LogP contribution < -0.4 is 15.4 Å². The summed E-state index contributed by atoms with van der Waals surface area (Å²) in [6.45, 7) is 0. The molecule has 150 valence electrons. The number of rotatable bonds is 5. The number of urea groups is 1. The molecule has 0 aliphatic heterocycles. The van der Waals surface area contributed by atoms with E-state index in [4.69, 9.17) is 4.74 Å². The largest absolute Gasteiger partial charge is 0.508 e. The van der Waals surface area contributed by atoms with Gasteiger partial charge in [0.2, 0.25) is 5.88 Å². The molecule has 0 aliphatic rings. The van der Waals surface area contributed by atoms with Crippen molar-refractivity contribution in [1.29, 1.82) is 0 Å². The molecule has 1 aromatic heterocycles. The van der Waals surface area contributed by atoms with Crippen LogP contribution in [0.1, 0.15) is 0 Å². The molecule has 0 unspecified atom stereocenters. The summed E-state index contributed by atoms with van der Waals surface area (Å²) in [6.07, 6.45) is 1.66. The summed E-state index contributed by atoms with van der Waals surface area (Å²) in [5, 5.41) is 19.2. The Kier molecular flexibility index (Phi) is 5.84. The van der Waals surface area contributed by atoms with E-state index in [1.165, 1.54) is 12.1 Å². The van der Waals surface area contributed by atoms with E-state index in [0.717, 1.165) is 9.26 Å². The maximum absolute atomic E-state index is 12.4. The molecule has 0 radical (unpaired) electrons. The summed E-state index contributed by atoms with van der Waals surface area (Å²) in [7, 11) is 0. The molecule has 4 rings (SSSR count). The van der Waals surface area contributed by atoms with Crippen molar-refractivity contribution in [2.45, 2.75) is 0 Å². The molecule has 0 bridgehead atoms. The number of para-hydroxylation sites is 3. The summed E-state index contributed by atoms with van der Waals surface area (Å²) < 4.78 is 8.81. The van der Waals surface area contributed by atoms with E-state index < -0.39 is 6.03 Å². The van der Waals surface area contributed by atoms with Crippen molar-refractivity contribution in [2.75, 3.05) is 10.6 Å². The Hall–Kier alpha value is -3.53. The lowest BCUT2D eigenvalue weighted by Gasteiger charge is -2.14.